The molecule has 0 saturated heterocycles. The van der Waals surface area contributed by atoms with E-state index < -0.39 is 21.7 Å². The normalized spacial score (nSPS) is 19.0. The molecule has 2 heterocycles. The predicted octanol–water partition coefficient (Wildman–Crippen LogP) is 1.26. The molecule has 0 spiro atoms. The van der Waals surface area contributed by atoms with E-state index in [0.29, 0.717) is 0 Å². The topological polar surface area (TPSA) is 78.8 Å². The van der Waals surface area contributed by atoms with Crippen LogP contribution in [-0.4, -0.2) is 37.4 Å². The minimum absolute atomic E-state index is 0.0858. The summed E-state index contributed by atoms with van der Waals surface area (Å²) in [6.07, 6.45) is 4.77. The molecule has 0 unspecified atom stereocenters. The first-order valence-electron chi connectivity index (χ1n) is 6.50. The summed E-state index contributed by atoms with van der Waals surface area (Å²) in [4.78, 5) is 13.9. The maximum absolute atomic E-state index is 13.1. The van der Waals surface area contributed by atoms with Crippen LogP contribution < -0.4 is 5.32 Å². The van der Waals surface area contributed by atoms with Crippen molar-refractivity contribution in [1.29, 1.82) is 0 Å². The fraction of sp³-hybridized carbons (Fsp3) is 0.143. The number of rotatable bonds is 2. The number of halogens is 1. The number of anilines is 1. The van der Waals surface area contributed by atoms with E-state index in [2.05, 4.69) is 9.71 Å². The maximum atomic E-state index is 13.1. The number of allylic oxidation sites excluding steroid dienone is 2. The SMILES string of the molecule is O=C(Nc1cccc(F)c1)C1=CC=CN2CCS(=O)(=O)N=C12. The van der Waals surface area contributed by atoms with E-state index in [1.54, 1.807) is 17.2 Å². The molecule has 6 nitrogen and oxygen atoms in total. The molecule has 1 aromatic rings. The lowest BCUT2D eigenvalue weighted by molar-refractivity contribution is -0.112. The van der Waals surface area contributed by atoms with Crippen molar-refractivity contribution in [2.24, 2.45) is 4.40 Å². The molecule has 2 aliphatic heterocycles. The van der Waals surface area contributed by atoms with Crippen LogP contribution in [0.15, 0.2) is 52.6 Å². The molecule has 0 bridgehead atoms. The van der Waals surface area contributed by atoms with Gasteiger partial charge in [-0.2, -0.15) is 0 Å². The zero-order chi connectivity index (χ0) is 15.7. The number of amides is 1. The number of fused-ring (bicyclic) bond motifs is 1. The third-order valence-corrected chi connectivity index (χ3v) is 4.33. The smallest absolute Gasteiger partial charge is 0.259 e. The van der Waals surface area contributed by atoms with Crippen molar-refractivity contribution in [3.8, 4) is 0 Å². The van der Waals surface area contributed by atoms with Gasteiger partial charge in [-0.15, -0.1) is 4.40 Å². The molecule has 22 heavy (non-hydrogen) atoms. The van der Waals surface area contributed by atoms with Gasteiger partial charge in [-0.25, -0.2) is 12.8 Å². The lowest BCUT2D eigenvalue weighted by Crippen LogP contribution is -2.40. The number of amidine groups is 1. The second kappa shape index (κ2) is 5.38. The molecule has 0 atom stereocenters. The lowest BCUT2D eigenvalue weighted by Gasteiger charge is -2.28. The Labute approximate surface area is 126 Å². The zero-order valence-electron chi connectivity index (χ0n) is 11.4. The molecule has 2 aliphatic rings. The summed E-state index contributed by atoms with van der Waals surface area (Å²) in [6, 6.07) is 5.44. The van der Waals surface area contributed by atoms with Crippen LogP contribution in [0.4, 0.5) is 10.1 Å². The average Bonchev–Trinajstić information content (AvgIpc) is 2.45. The molecule has 0 fully saturated rings. The summed E-state index contributed by atoms with van der Waals surface area (Å²) in [6.45, 7) is 0.238. The van der Waals surface area contributed by atoms with Crippen LogP contribution >= 0.6 is 0 Å². The van der Waals surface area contributed by atoms with E-state index in [-0.39, 0.29) is 29.4 Å². The van der Waals surface area contributed by atoms with Crippen LogP contribution in [0.1, 0.15) is 0 Å². The minimum Gasteiger partial charge on any atom is -0.331 e. The van der Waals surface area contributed by atoms with Gasteiger partial charge in [0.25, 0.3) is 15.9 Å². The molecule has 0 aliphatic carbocycles. The van der Waals surface area contributed by atoms with Crippen LogP contribution in [0.2, 0.25) is 0 Å². The highest BCUT2D eigenvalue weighted by Gasteiger charge is 2.29. The van der Waals surface area contributed by atoms with E-state index in [1.165, 1.54) is 30.3 Å². The van der Waals surface area contributed by atoms with Gasteiger partial charge in [0.05, 0.1) is 11.3 Å². The molecule has 1 N–H and O–H groups in total. The third kappa shape index (κ3) is 2.91. The first kappa shape index (κ1) is 14.5. The lowest BCUT2D eigenvalue weighted by atomic mass is 10.1. The summed E-state index contributed by atoms with van der Waals surface area (Å²) in [5.41, 5.74) is 0.404. The van der Waals surface area contributed by atoms with Gasteiger partial charge in [0, 0.05) is 18.4 Å². The fourth-order valence-corrected chi connectivity index (χ4v) is 3.14. The summed E-state index contributed by atoms with van der Waals surface area (Å²) in [7, 11) is -3.57. The van der Waals surface area contributed by atoms with Gasteiger partial charge < -0.3 is 10.2 Å². The van der Waals surface area contributed by atoms with Crippen LogP contribution in [0.3, 0.4) is 0 Å². The highest BCUT2D eigenvalue weighted by Crippen LogP contribution is 2.19. The first-order chi connectivity index (χ1) is 10.4. The van der Waals surface area contributed by atoms with E-state index in [1.807, 2.05) is 0 Å². The molecular formula is C14H12FN3O3S. The van der Waals surface area contributed by atoms with Gasteiger partial charge in [-0.05, 0) is 30.4 Å². The maximum Gasteiger partial charge on any atom is 0.259 e. The van der Waals surface area contributed by atoms with Crippen LogP contribution in [0.25, 0.3) is 0 Å². The monoisotopic (exact) mass is 321 g/mol. The number of benzene rings is 1. The standard InChI is InChI=1S/C14H12FN3O3S/c15-10-3-1-4-11(9-10)16-14(19)12-5-2-6-18-7-8-22(20,21)17-13(12)18/h1-6,9H,7-8H2,(H,16,19). The number of hydrogen-bond acceptors (Lipinski definition) is 4. The number of nitrogens with zero attached hydrogens (tertiary/aromatic N) is 2. The van der Waals surface area contributed by atoms with Crippen molar-refractivity contribution in [1.82, 2.24) is 4.90 Å². The second-order valence-electron chi connectivity index (χ2n) is 4.78. The van der Waals surface area contributed by atoms with Crippen molar-refractivity contribution in [2.45, 2.75) is 0 Å². The second-order valence-corrected chi connectivity index (χ2v) is 6.54. The van der Waals surface area contributed by atoms with Crippen molar-refractivity contribution >= 4 is 27.5 Å². The number of nitrogens with one attached hydrogen (secondary N) is 1. The quantitative estimate of drug-likeness (QED) is 0.889. The highest BCUT2D eigenvalue weighted by atomic mass is 32.2. The Bertz CT molecular complexity index is 827. The van der Waals surface area contributed by atoms with E-state index >= 15 is 0 Å². The summed E-state index contributed by atoms with van der Waals surface area (Å²) in [5.74, 6) is -1.03. The molecule has 114 valence electrons. The summed E-state index contributed by atoms with van der Waals surface area (Å²) in [5, 5.41) is 2.53. The summed E-state index contributed by atoms with van der Waals surface area (Å²) < 4.78 is 40.1. The van der Waals surface area contributed by atoms with Crippen molar-refractivity contribution < 1.29 is 17.6 Å². The molecule has 0 saturated carbocycles. The largest absolute Gasteiger partial charge is 0.331 e. The number of hydrogen-bond donors (Lipinski definition) is 1. The summed E-state index contributed by atoms with van der Waals surface area (Å²) >= 11 is 0. The van der Waals surface area contributed by atoms with Gasteiger partial charge >= 0.3 is 0 Å². The van der Waals surface area contributed by atoms with Gasteiger partial charge in [0.1, 0.15) is 5.82 Å². The highest BCUT2D eigenvalue weighted by molar-refractivity contribution is 7.90. The van der Waals surface area contributed by atoms with E-state index in [4.69, 9.17) is 0 Å². The van der Waals surface area contributed by atoms with Crippen LogP contribution in [0, 0.1) is 5.82 Å². The number of carbonyl (C=O) groups excluding carboxylic acids is 1. The average molecular weight is 321 g/mol. The fourth-order valence-electron chi connectivity index (χ4n) is 2.16. The van der Waals surface area contributed by atoms with Crippen LogP contribution in [-0.2, 0) is 14.8 Å². The molecular weight excluding hydrogens is 309 g/mol. The van der Waals surface area contributed by atoms with Crippen molar-refractivity contribution in [3.05, 3.63) is 54.0 Å². The van der Waals surface area contributed by atoms with Crippen molar-refractivity contribution in [2.75, 3.05) is 17.6 Å². The Morgan fingerprint density at radius 3 is 2.95 bits per heavy atom. The number of carbonyl (C=O) groups is 1. The first-order valence-corrected chi connectivity index (χ1v) is 8.11. The van der Waals surface area contributed by atoms with Gasteiger partial charge in [0.2, 0.25) is 0 Å². The van der Waals surface area contributed by atoms with Gasteiger partial charge in [0.15, 0.2) is 5.84 Å². The van der Waals surface area contributed by atoms with Crippen LogP contribution in [0.5, 0.6) is 0 Å². The Morgan fingerprint density at radius 1 is 1.36 bits per heavy atom. The molecule has 1 aromatic carbocycles. The van der Waals surface area contributed by atoms with Crippen molar-refractivity contribution in [3.63, 3.8) is 0 Å². The van der Waals surface area contributed by atoms with Gasteiger partial charge in [-0.3, -0.25) is 4.79 Å². The minimum atomic E-state index is -3.57. The molecule has 8 heteroatoms. The Morgan fingerprint density at radius 2 is 2.18 bits per heavy atom. The molecule has 3 rings (SSSR count). The third-order valence-electron chi connectivity index (χ3n) is 3.18. The Hall–Kier alpha value is -2.48. The molecule has 0 aromatic heterocycles. The van der Waals surface area contributed by atoms with E-state index in [9.17, 15) is 17.6 Å². The Balaban J connectivity index is 1.90. The Kier molecular flexibility index (Phi) is 3.53. The van der Waals surface area contributed by atoms with Gasteiger partial charge in [-0.1, -0.05) is 6.07 Å². The van der Waals surface area contributed by atoms with E-state index in [0.717, 1.165) is 0 Å². The zero-order valence-corrected chi connectivity index (χ0v) is 12.2. The number of sulfonamides is 1. The predicted molar refractivity (Wildman–Crippen MR) is 80.2 cm³/mol. The molecule has 0 radical (unpaired) electrons. The molecule has 1 amide bonds.